The van der Waals surface area contributed by atoms with E-state index in [0.717, 1.165) is 17.1 Å². The monoisotopic (exact) mass is 474 g/mol. The number of nitrogens with one attached hydrogen (secondary N) is 1. The van der Waals surface area contributed by atoms with Gasteiger partial charge in [0.1, 0.15) is 18.1 Å². The van der Waals surface area contributed by atoms with Crippen LogP contribution in [0.25, 0.3) is 0 Å². The Bertz CT molecular complexity index is 1210. The number of rotatable bonds is 10. The number of anilines is 1. The molecule has 0 aliphatic rings. The summed E-state index contributed by atoms with van der Waals surface area (Å²) in [5, 5.41) is 12.2. The van der Waals surface area contributed by atoms with Crippen LogP contribution in [0.4, 0.5) is 5.69 Å². The van der Waals surface area contributed by atoms with Crippen molar-refractivity contribution in [3.8, 4) is 11.5 Å². The lowest BCUT2D eigenvalue weighted by Gasteiger charge is -2.12. The first-order valence-electron chi connectivity index (χ1n) is 10.8. The van der Waals surface area contributed by atoms with Crippen LogP contribution in [0.3, 0.4) is 0 Å². The van der Waals surface area contributed by atoms with E-state index in [1.807, 2.05) is 54.0 Å². The first-order chi connectivity index (χ1) is 16.6. The molecule has 0 aliphatic carbocycles. The highest BCUT2D eigenvalue weighted by Gasteiger charge is 2.16. The Kier molecular flexibility index (Phi) is 7.83. The summed E-state index contributed by atoms with van der Waals surface area (Å²) in [5.41, 5.74) is 3.00. The molecule has 0 saturated heterocycles. The van der Waals surface area contributed by atoms with Crippen LogP contribution in [-0.4, -0.2) is 33.5 Å². The Morgan fingerprint density at radius 3 is 2.35 bits per heavy atom. The van der Waals surface area contributed by atoms with E-state index in [2.05, 4.69) is 27.6 Å². The van der Waals surface area contributed by atoms with Crippen LogP contribution in [0.2, 0.25) is 0 Å². The number of nitrogens with zero attached hydrogens (tertiary/aromatic N) is 3. The van der Waals surface area contributed by atoms with Gasteiger partial charge < -0.3 is 14.8 Å². The predicted octanol–water partition coefficient (Wildman–Crippen LogP) is 4.95. The lowest BCUT2D eigenvalue weighted by molar-refractivity contribution is -0.113. The zero-order valence-corrected chi connectivity index (χ0v) is 19.9. The van der Waals surface area contributed by atoms with Crippen molar-refractivity contribution in [2.75, 3.05) is 18.2 Å². The van der Waals surface area contributed by atoms with Crippen molar-refractivity contribution in [1.29, 1.82) is 0 Å². The molecule has 4 rings (SSSR count). The van der Waals surface area contributed by atoms with Crippen molar-refractivity contribution in [3.63, 3.8) is 0 Å². The number of benzene rings is 3. The summed E-state index contributed by atoms with van der Waals surface area (Å²) in [5.74, 6) is 2.29. The lowest BCUT2D eigenvalue weighted by Crippen LogP contribution is -2.15. The predicted molar refractivity (Wildman–Crippen MR) is 133 cm³/mol. The first-order valence-corrected chi connectivity index (χ1v) is 11.8. The molecule has 3 aromatic carbocycles. The Labute approximate surface area is 203 Å². The van der Waals surface area contributed by atoms with Crippen molar-refractivity contribution in [1.82, 2.24) is 14.8 Å². The molecule has 0 aliphatic heterocycles. The molecule has 0 unspecified atom stereocenters. The fraction of sp³-hybridized carbons (Fsp3) is 0.192. The average molecular weight is 475 g/mol. The third-order valence-corrected chi connectivity index (χ3v) is 6.04. The molecule has 0 saturated carbocycles. The molecule has 1 heterocycles. The lowest BCUT2D eigenvalue weighted by atomic mass is 10.2. The van der Waals surface area contributed by atoms with Gasteiger partial charge in [0, 0.05) is 5.69 Å². The fourth-order valence-electron chi connectivity index (χ4n) is 3.24. The molecule has 34 heavy (non-hydrogen) atoms. The first kappa shape index (κ1) is 23.4. The summed E-state index contributed by atoms with van der Waals surface area (Å²) in [6.45, 7) is 2.90. The minimum atomic E-state index is -0.123. The zero-order valence-electron chi connectivity index (χ0n) is 19.1. The van der Waals surface area contributed by atoms with Gasteiger partial charge in [-0.05, 0) is 48.9 Å². The smallest absolute Gasteiger partial charge is 0.234 e. The van der Waals surface area contributed by atoms with E-state index < -0.39 is 0 Å². The summed E-state index contributed by atoms with van der Waals surface area (Å²) >= 11 is 1.34. The van der Waals surface area contributed by atoms with Gasteiger partial charge in [-0.2, -0.15) is 0 Å². The van der Waals surface area contributed by atoms with Crippen molar-refractivity contribution in [2.24, 2.45) is 0 Å². The van der Waals surface area contributed by atoms with Crippen molar-refractivity contribution in [3.05, 3.63) is 95.8 Å². The summed E-state index contributed by atoms with van der Waals surface area (Å²) in [4.78, 5) is 12.5. The molecular formula is C26H26N4O3S. The zero-order chi connectivity index (χ0) is 23.8. The molecule has 1 aromatic heterocycles. The molecule has 0 atom stereocenters. The van der Waals surface area contributed by atoms with Crippen LogP contribution in [0.5, 0.6) is 11.5 Å². The topological polar surface area (TPSA) is 78.3 Å². The molecule has 4 aromatic rings. The maximum atomic E-state index is 12.5. The van der Waals surface area contributed by atoms with E-state index in [0.29, 0.717) is 23.2 Å². The molecular weight excluding hydrogens is 448 g/mol. The Morgan fingerprint density at radius 2 is 1.65 bits per heavy atom. The van der Waals surface area contributed by atoms with Gasteiger partial charge in [-0.1, -0.05) is 59.8 Å². The molecule has 0 spiro atoms. The van der Waals surface area contributed by atoms with Gasteiger partial charge in [0.15, 0.2) is 11.0 Å². The third kappa shape index (κ3) is 6.39. The summed E-state index contributed by atoms with van der Waals surface area (Å²) in [7, 11) is 1.61. The summed E-state index contributed by atoms with van der Waals surface area (Å²) in [6, 6.07) is 25.2. The number of hydrogen-bond acceptors (Lipinski definition) is 6. The normalized spacial score (nSPS) is 10.6. The van der Waals surface area contributed by atoms with E-state index >= 15 is 0 Å². The van der Waals surface area contributed by atoms with Crippen LogP contribution in [0, 0.1) is 6.92 Å². The fourth-order valence-corrected chi connectivity index (χ4v) is 4.00. The van der Waals surface area contributed by atoms with Gasteiger partial charge in [0.2, 0.25) is 5.91 Å². The maximum Gasteiger partial charge on any atom is 0.234 e. The van der Waals surface area contributed by atoms with Gasteiger partial charge in [0.25, 0.3) is 0 Å². The van der Waals surface area contributed by atoms with Gasteiger partial charge in [0.05, 0.1) is 19.4 Å². The van der Waals surface area contributed by atoms with Crippen molar-refractivity contribution in [2.45, 2.75) is 25.2 Å². The van der Waals surface area contributed by atoms with Gasteiger partial charge in [-0.25, -0.2) is 0 Å². The van der Waals surface area contributed by atoms with Crippen LogP contribution < -0.4 is 14.8 Å². The van der Waals surface area contributed by atoms with Gasteiger partial charge in [-0.15, -0.1) is 10.2 Å². The number of methoxy groups -OCH3 is 1. The molecule has 0 bridgehead atoms. The number of carbonyl (C=O) groups excluding carboxylic acids is 1. The van der Waals surface area contributed by atoms with Gasteiger partial charge >= 0.3 is 0 Å². The number of ether oxygens (including phenoxy) is 2. The molecule has 0 radical (unpaired) electrons. The molecule has 1 amide bonds. The van der Waals surface area contributed by atoms with E-state index in [4.69, 9.17) is 9.47 Å². The van der Waals surface area contributed by atoms with E-state index in [-0.39, 0.29) is 18.3 Å². The highest BCUT2D eigenvalue weighted by Crippen LogP contribution is 2.21. The Balaban J connectivity index is 1.44. The van der Waals surface area contributed by atoms with Crippen LogP contribution >= 0.6 is 11.8 Å². The molecule has 0 fully saturated rings. The number of carbonyl (C=O) groups is 1. The summed E-state index contributed by atoms with van der Waals surface area (Å²) < 4.78 is 13.1. The SMILES string of the molecule is COc1ccc(NC(=O)CSc2nnc(COc3ccc(C)cc3)n2Cc2ccccc2)cc1. The van der Waals surface area contributed by atoms with Crippen LogP contribution in [-0.2, 0) is 17.9 Å². The van der Waals surface area contributed by atoms with Crippen molar-refractivity contribution >= 4 is 23.4 Å². The number of aryl methyl sites for hydroxylation is 1. The quantitative estimate of drug-likeness (QED) is 0.328. The van der Waals surface area contributed by atoms with Crippen LogP contribution in [0.15, 0.2) is 84.0 Å². The number of thioether (sulfide) groups is 1. The minimum Gasteiger partial charge on any atom is -0.497 e. The largest absolute Gasteiger partial charge is 0.497 e. The minimum absolute atomic E-state index is 0.123. The second-order valence-corrected chi connectivity index (χ2v) is 8.58. The third-order valence-electron chi connectivity index (χ3n) is 5.07. The number of hydrogen-bond donors (Lipinski definition) is 1. The second kappa shape index (κ2) is 11.4. The summed E-state index contributed by atoms with van der Waals surface area (Å²) in [6.07, 6.45) is 0. The van der Waals surface area contributed by atoms with E-state index in [1.165, 1.54) is 17.3 Å². The van der Waals surface area contributed by atoms with E-state index in [9.17, 15) is 4.79 Å². The second-order valence-electron chi connectivity index (χ2n) is 7.64. The standard InChI is InChI=1S/C26H26N4O3S/c1-19-8-12-23(13-9-19)33-17-24-28-29-26(30(24)16-20-6-4-3-5-7-20)34-18-25(31)27-21-10-14-22(32-2)15-11-21/h3-15H,16-18H2,1-2H3,(H,27,31). The Morgan fingerprint density at radius 1 is 0.941 bits per heavy atom. The highest BCUT2D eigenvalue weighted by molar-refractivity contribution is 7.99. The average Bonchev–Trinajstić information content (AvgIpc) is 3.24. The molecule has 1 N–H and O–H groups in total. The maximum absolute atomic E-state index is 12.5. The van der Waals surface area contributed by atoms with Gasteiger partial charge in [-0.3, -0.25) is 9.36 Å². The molecule has 174 valence electrons. The number of amides is 1. The highest BCUT2D eigenvalue weighted by atomic mass is 32.2. The Hall–Kier alpha value is -3.78. The van der Waals surface area contributed by atoms with Crippen molar-refractivity contribution < 1.29 is 14.3 Å². The molecule has 8 heteroatoms. The van der Waals surface area contributed by atoms with E-state index in [1.54, 1.807) is 31.4 Å². The number of aromatic nitrogens is 3. The van der Waals surface area contributed by atoms with Crippen LogP contribution in [0.1, 0.15) is 17.0 Å². The molecule has 7 nitrogen and oxygen atoms in total.